The average molecular weight is 183 g/mol. The van der Waals surface area contributed by atoms with E-state index in [4.69, 9.17) is 14.2 Å². The topological polar surface area (TPSA) is 40.6 Å². The fraction of sp³-hybridized carbons (Fsp3) is 0.444. The molecule has 0 atom stereocenters. The quantitative estimate of drug-likeness (QED) is 0.661. The zero-order chi connectivity index (χ0) is 9.68. The maximum absolute atomic E-state index is 5.15. The van der Waals surface area contributed by atoms with Crippen molar-refractivity contribution in [2.45, 2.75) is 6.92 Å². The highest BCUT2D eigenvalue weighted by Gasteiger charge is 2.01. The van der Waals surface area contributed by atoms with Crippen molar-refractivity contribution in [1.29, 1.82) is 0 Å². The van der Waals surface area contributed by atoms with Gasteiger partial charge in [0.25, 0.3) is 0 Å². The third-order valence-electron chi connectivity index (χ3n) is 1.56. The Bertz CT molecular complexity index is 276. The second kappa shape index (κ2) is 4.67. The molecule has 0 bridgehead atoms. The molecule has 0 fully saturated rings. The molecule has 72 valence electrons. The van der Waals surface area contributed by atoms with Gasteiger partial charge in [0.2, 0.25) is 5.88 Å². The van der Waals surface area contributed by atoms with E-state index in [-0.39, 0.29) is 6.79 Å². The molecule has 0 aliphatic rings. The van der Waals surface area contributed by atoms with Crippen LogP contribution in [0.1, 0.15) is 5.69 Å². The van der Waals surface area contributed by atoms with Gasteiger partial charge >= 0.3 is 0 Å². The van der Waals surface area contributed by atoms with Crippen LogP contribution in [0.5, 0.6) is 11.6 Å². The van der Waals surface area contributed by atoms with Gasteiger partial charge in [-0.15, -0.1) is 0 Å². The van der Waals surface area contributed by atoms with E-state index < -0.39 is 0 Å². The molecule has 1 heterocycles. The Morgan fingerprint density at radius 3 is 2.62 bits per heavy atom. The Kier molecular flexibility index (Phi) is 3.52. The Morgan fingerprint density at radius 2 is 2.08 bits per heavy atom. The minimum atomic E-state index is 0.207. The van der Waals surface area contributed by atoms with Crippen LogP contribution in [0.4, 0.5) is 0 Å². The summed E-state index contributed by atoms with van der Waals surface area (Å²) in [5.41, 5.74) is 0.802. The summed E-state index contributed by atoms with van der Waals surface area (Å²) < 4.78 is 15.0. The number of hydrogen-bond donors (Lipinski definition) is 0. The monoisotopic (exact) mass is 183 g/mol. The van der Waals surface area contributed by atoms with Crippen LogP contribution in [0.25, 0.3) is 0 Å². The van der Waals surface area contributed by atoms with Crippen molar-refractivity contribution in [3.8, 4) is 11.6 Å². The van der Waals surface area contributed by atoms with E-state index in [0.29, 0.717) is 5.88 Å². The van der Waals surface area contributed by atoms with Crippen molar-refractivity contribution in [3.63, 3.8) is 0 Å². The van der Waals surface area contributed by atoms with Gasteiger partial charge in [-0.3, -0.25) is 0 Å². The number of methoxy groups -OCH3 is 2. The second-order valence-corrected chi connectivity index (χ2v) is 2.49. The first-order valence-corrected chi connectivity index (χ1v) is 3.91. The highest BCUT2D eigenvalue weighted by molar-refractivity contribution is 5.30. The van der Waals surface area contributed by atoms with E-state index >= 15 is 0 Å². The lowest BCUT2D eigenvalue weighted by molar-refractivity contribution is 0.0476. The van der Waals surface area contributed by atoms with Crippen LogP contribution in [0.15, 0.2) is 12.1 Å². The number of rotatable bonds is 4. The van der Waals surface area contributed by atoms with Gasteiger partial charge in [-0.05, 0) is 13.0 Å². The van der Waals surface area contributed by atoms with Gasteiger partial charge in [0.1, 0.15) is 5.75 Å². The van der Waals surface area contributed by atoms with Crippen LogP contribution in [0.3, 0.4) is 0 Å². The number of pyridine rings is 1. The molecule has 0 aliphatic heterocycles. The first-order chi connectivity index (χ1) is 6.27. The maximum atomic E-state index is 5.15. The Hall–Kier alpha value is -1.29. The molecule has 1 aromatic heterocycles. The largest absolute Gasteiger partial charge is 0.495 e. The molecule has 0 amide bonds. The molecule has 0 radical (unpaired) electrons. The van der Waals surface area contributed by atoms with E-state index in [1.807, 2.05) is 13.0 Å². The predicted molar refractivity (Wildman–Crippen MR) is 48.0 cm³/mol. The number of ether oxygens (including phenoxy) is 3. The van der Waals surface area contributed by atoms with E-state index in [9.17, 15) is 0 Å². The minimum Gasteiger partial charge on any atom is -0.495 e. The SMILES string of the molecule is COCOc1ccc(OC)c(C)n1. The Morgan fingerprint density at radius 1 is 1.31 bits per heavy atom. The van der Waals surface area contributed by atoms with Crippen molar-refractivity contribution in [1.82, 2.24) is 4.98 Å². The van der Waals surface area contributed by atoms with Gasteiger partial charge < -0.3 is 14.2 Å². The van der Waals surface area contributed by atoms with E-state index in [0.717, 1.165) is 11.4 Å². The van der Waals surface area contributed by atoms with Gasteiger partial charge in [0.15, 0.2) is 6.79 Å². The summed E-state index contributed by atoms with van der Waals surface area (Å²) in [6.07, 6.45) is 0. The molecule has 13 heavy (non-hydrogen) atoms. The van der Waals surface area contributed by atoms with Gasteiger partial charge in [-0.25, -0.2) is 4.98 Å². The molecule has 0 saturated heterocycles. The summed E-state index contributed by atoms with van der Waals surface area (Å²) in [4.78, 5) is 4.15. The van der Waals surface area contributed by atoms with Crippen molar-refractivity contribution >= 4 is 0 Å². The third kappa shape index (κ3) is 2.59. The summed E-state index contributed by atoms with van der Waals surface area (Å²) in [6, 6.07) is 3.55. The van der Waals surface area contributed by atoms with Gasteiger partial charge in [0.05, 0.1) is 12.8 Å². The van der Waals surface area contributed by atoms with Crippen LogP contribution >= 0.6 is 0 Å². The molecule has 0 aliphatic carbocycles. The standard InChI is InChI=1S/C9H13NO3/c1-7-8(12-3)4-5-9(10-7)13-6-11-2/h4-5H,6H2,1-3H3. The van der Waals surface area contributed by atoms with E-state index in [1.54, 1.807) is 20.3 Å². The number of aryl methyl sites for hydroxylation is 1. The maximum Gasteiger partial charge on any atom is 0.215 e. The number of hydrogen-bond acceptors (Lipinski definition) is 4. The Labute approximate surface area is 77.5 Å². The summed E-state index contributed by atoms with van der Waals surface area (Å²) in [5, 5.41) is 0. The first kappa shape index (κ1) is 9.80. The zero-order valence-electron chi connectivity index (χ0n) is 8.03. The number of aromatic nitrogens is 1. The van der Waals surface area contributed by atoms with Crippen molar-refractivity contribution in [2.24, 2.45) is 0 Å². The predicted octanol–water partition coefficient (Wildman–Crippen LogP) is 1.38. The highest BCUT2D eigenvalue weighted by Crippen LogP contribution is 2.18. The summed E-state index contributed by atoms with van der Waals surface area (Å²) in [7, 11) is 3.18. The van der Waals surface area contributed by atoms with Crippen LogP contribution in [0, 0.1) is 6.92 Å². The lowest BCUT2D eigenvalue weighted by Gasteiger charge is -2.06. The van der Waals surface area contributed by atoms with E-state index in [1.165, 1.54) is 0 Å². The normalized spacial score (nSPS) is 9.77. The molecule has 1 rings (SSSR count). The number of nitrogens with zero attached hydrogens (tertiary/aromatic N) is 1. The van der Waals surface area contributed by atoms with Gasteiger partial charge in [-0.2, -0.15) is 0 Å². The molecular weight excluding hydrogens is 170 g/mol. The van der Waals surface area contributed by atoms with Crippen molar-refractivity contribution in [3.05, 3.63) is 17.8 Å². The van der Waals surface area contributed by atoms with Gasteiger partial charge in [0, 0.05) is 13.2 Å². The molecule has 1 aromatic rings. The molecule has 0 aromatic carbocycles. The summed E-state index contributed by atoms with van der Waals surface area (Å²) in [6.45, 7) is 2.07. The zero-order valence-corrected chi connectivity index (χ0v) is 8.03. The lowest BCUT2D eigenvalue weighted by atomic mass is 10.3. The highest BCUT2D eigenvalue weighted by atomic mass is 16.7. The van der Waals surface area contributed by atoms with Crippen molar-refractivity contribution < 1.29 is 14.2 Å². The average Bonchev–Trinajstić information content (AvgIpc) is 2.15. The second-order valence-electron chi connectivity index (χ2n) is 2.49. The molecule has 0 spiro atoms. The first-order valence-electron chi connectivity index (χ1n) is 3.91. The van der Waals surface area contributed by atoms with Crippen molar-refractivity contribution in [2.75, 3.05) is 21.0 Å². The smallest absolute Gasteiger partial charge is 0.215 e. The van der Waals surface area contributed by atoms with Crippen LogP contribution in [-0.2, 0) is 4.74 Å². The summed E-state index contributed by atoms with van der Waals surface area (Å²) in [5.74, 6) is 1.30. The van der Waals surface area contributed by atoms with Crippen LogP contribution in [0.2, 0.25) is 0 Å². The summed E-state index contributed by atoms with van der Waals surface area (Å²) >= 11 is 0. The fourth-order valence-corrected chi connectivity index (χ4v) is 0.941. The van der Waals surface area contributed by atoms with Crippen LogP contribution < -0.4 is 9.47 Å². The van der Waals surface area contributed by atoms with Gasteiger partial charge in [-0.1, -0.05) is 0 Å². The molecule has 0 unspecified atom stereocenters. The molecule has 0 saturated carbocycles. The fourth-order valence-electron chi connectivity index (χ4n) is 0.941. The molecule has 4 nitrogen and oxygen atoms in total. The Balaban J connectivity index is 2.71. The molecular formula is C9H13NO3. The van der Waals surface area contributed by atoms with Crippen LogP contribution in [-0.4, -0.2) is 26.0 Å². The molecule has 0 N–H and O–H groups in total. The minimum absolute atomic E-state index is 0.207. The third-order valence-corrected chi connectivity index (χ3v) is 1.56. The molecule has 4 heteroatoms. The lowest BCUT2D eigenvalue weighted by Crippen LogP contribution is -2.01. The van der Waals surface area contributed by atoms with E-state index in [2.05, 4.69) is 4.98 Å².